The van der Waals surface area contributed by atoms with Gasteiger partial charge in [0, 0.05) is 54.9 Å². The molecule has 2 aliphatic rings. The van der Waals surface area contributed by atoms with Gasteiger partial charge in [-0.1, -0.05) is 30.1 Å². The van der Waals surface area contributed by atoms with E-state index >= 15 is 0 Å². The summed E-state index contributed by atoms with van der Waals surface area (Å²) < 4.78 is 0. The molecule has 2 heterocycles. The van der Waals surface area contributed by atoms with Crippen LogP contribution >= 0.6 is 23.2 Å². The van der Waals surface area contributed by atoms with Crippen LogP contribution in [0.15, 0.2) is 18.2 Å². The summed E-state index contributed by atoms with van der Waals surface area (Å²) in [6, 6.07) is 5.02. The van der Waals surface area contributed by atoms with E-state index in [4.69, 9.17) is 23.2 Å². The maximum Gasteiger partial charge on any atom is 0.254 e. The topological polar surface area (TPSA) is 35.6 Å². The number of piperazine rings is 1. The molecule has 0 radical (unpaired) electrons. The van der Waals surface area contributed by atoms with Crippen molar-refractivity contribution in [3.05, 3.63) is 33.8 Å². The van der Waals surface area contributed by atoms with Crippen molar-refractivity contribution in [2.75, 3.05) is 45.8 Å². The monoisotopic (exact) mass is 355 g/mol. The number of benzene rings is 1. The number of nitrogens with one attached hydrogen (secondary N) is 1. The Morgan fingerprint density at radius 1 is 1.17 bits per heavy atom. The first-order valence-electron chi connectivity index (χ1n) is 8.14. The lowest BCUT2D eigenvalue weighted by Gasteiger charge is -2.38. The third-order valence-corrected chi connectivity index (χ3v) is 5.27. The molecule has 2 fully saturated rings. The Labute approximate surface area is 147 Å². The molecular formula is C17H23Cl2N3O. The number of carbonyl (C=O) groups is 1. The summed E-state index contributed by atoms with van der Waals surface area (Å²) in [4.78, 5) is 17.0. The van der Waals surface area contributed by atoms with Gasteiger partial charge in [-0.05, 0) is 36.6 Å². The van der Waals surface area contributed by atoms with Crippen LogP contribution in [0.5, 0.6) is 0 Å². The summed E-state index contributed by atoms with van der Waals surface area (Å²) in [5.41, 5.74) is 0.940. The van der Waals surface area contributed by atoms with Gasteiger partial charge in [0.2, 0.25) is 0 Å². The van der Waals surface area contributed by atoms with Crippen molar-refractivity contribution in [3.8, 4) is 0 Å². The van der Waals surface area contributed by atoms with Crippen molar-refractivity contribution in [1.29, 1.82) is 0 Å². The molecule has 0 spiro atoms. The van der Waals surface area contributed by atoms with Crippen LogP contribution < -0.4 is 5.32 Å². The van der Waals surface area contributed by atoms with Gasteiger partial charge in [-0.15, -0.1) is 0 Å². The number of carbonyl (C=O) groups excluding carboxylic acids is 1. The molecule has 1 aromatic rings. The molecular weight excluding hydrogens is 333 g/mol. The lowest BCUT2D eigenvalue weighted by molar-refractivity contribution is 0.0581. The van der Waals surface area contributed by atoms with Gasteiger partial charge in [-0.2, -0.15) is 0 Å². The van der Waals surface area contributed by atoms with E-state index in [1.165, 1.54) is 6.42 Å². The van der Waals surface area contributed by atoms with Crippen LogP contribution in [0.2, 0.25) is 10.0 Å². The van der Waals surface area contributed by atoms with E-state index in [0.717, 1.165) is 45.8 Å². The predicted molar refractivity (Wildman–Crippen MR) is 94.4 cm³/mol. The Bertz CT molecular complexity index is 559. The molecule has 2 aliphatic heterocycles. The molecule has 126 valence electrons. The minimum absolute atomic E-state index is 0.0165. The number of nitrogens with zero attached hydrogens (tertiary/aromatic N) is 2. The smallest absolute Gasteiger partial charge is 0.254 e. The third-order valence-electron chi connectivity index (χ3n) is 4.83. The molecule has 2 saturated heterocycles. The highest BCUT2D eigenvalue weighted by molar-refractivity contribution is 6.35. The highest BCUT2D eigenvalue weighted by Gasteiger charge is 2.32. The SMILES string of the molecule is CC1(CN2CCN(C(=O)c3cc(Cl)cc(Cl)c3)CC2)CCNC1. The standard InChI is InChI=1S/C17H23Cl2N3O/c1-17(2-3-20-11-17)12-21-4-6-22(7-5-21)16(23)13-8-14(18)10-15(19)9-13/h8-10,20H,2-7,11-12H2,1H3. The van der Waals surface area contributed by atoms with Crippen LogP contribution in [0.4, 0.5) is 0 Å². The highest BCUT2D eigenvalue weighted by Crippen LogP contribution is 2.26. The van der Waals surface area contributed by atoms with Crippen LogP contribution in [-0.4, -0.2) is 61.5 Å². The van der Waals surface area contributed by atoms with Crippen molar-refractivity contribution < 1.29 is 4.79 Å². The molecule has 1 N–H and O–H groups in total. The van der Waals surface area contributed by atoms with Gasteiger partial charge in [0.15, 0.2) is 0 Å². The summed E-state index contributed by atoms with van der Waals surface area (Å²) in [5.74, 6) is 0.0165. The summed E-state index contributed by atoms with van der Waals surface area (Å²) >= 11 is 12.0. The van der Waals surface area contributed by atoms with Crippen molar-refractivity contribution in [1.82, 2.24) is 15.1 Å². The van der Waals surface area contributed by atoms with Crippen LogP contribution in [0.1, 0.15) is 23.7 Å². The molecule has 1 amide bonds. The number of rotatable bonds is 3. The lowest BCUT2D eigenvalue weighted by atomic mass is 9.89. The van der Waals surface area contributed by atoms with Gasteiger partial charge >= 0.3 is 0 Å². The van der Waals surface area contributed by atoms with Crippen molar-refractivity contribution in [3.63, 3.8) is 0 Å². The Morgan fingerprint density at radius 2 is 1.83 bits per heavy atom. The van der Waals surface area contributed by atoms with Gasteiger partial charge in [-0.3, -0.25) is 9.69 Å². The van der Waals surface area contributed by atoms with E-state index in [1.807, 2.05) is 4.90 Å². The van der Waals surface area contributed by atoms with Gasteiger partial charge in [0.1, 0.15) is 0 Å². The largest absolute Gasteiger partial charge is 0.336 e. The molecule has 23 heavy (non-hydrogen) atoms. The summed E-state index contributed by atoms with van der Waals surface area (Å²) in [6.45, 7) is 9.02. The molecule has 1 unspecified atom stereocenters. The minimum atomic E-state index is 0.0165. The van der Waals surface area contributed by atoms with E-state index in [0.29, 0.717) is 21.0 Å². The zero-order valence-electron chi connectivity index (χ0n) is 13.4. The fourth-order valence-corrected chi connectivity index (χ4v) is 4.04. The summed E-state index contributed by atoms with van der Waals surface area (Å²) in [6.07, 6.45) is 1.23. The minimum Gasteiger partial charge on any atom is -0.336 e. The van der Waals surface area contributed by atoms with E-state index in [-0.39, 0.29) is 5.91 Å². The van der Waals surface area contributed by atoms with Crippen LogP contribution in [0.25, 0.3) is 0 Å². The molecule has 0 aromatic heterocycles. The summed E-state index contributed by atoms with van der Waals surface area (Å²) in [5, 5.41) is 4.45. The molecule has 3 rings (SSSR count). The van der Waals surface area contributed by atoms with Crippen LogP contribution in [0.3, 0.4) is 0 Å². The molecule has 4 nitrogen and oxygen atoms in total. The maximum atomic E-state index is 12.6. The van der Waals surface area contributed by atoms with Crippen molar-refractivity contribution in [2.45, 2.75) is 13.3 Å². The number of hydrogen-bond donors (Lipinski definition) is 1. The van der Waals surface area contributed by atoms with Crippen molar-refractivity contribution in [2.24, 2.45) is 5.41 Å². The van der Waals surface area contributed by atoms with E-state index in [9.17, 15) is 4.79 Å². The normalized spacial score (nSPS) is 25.8. The van der Waals surface area contributed by atoms with E-state index in [1.54, 1.807) is 18.2 Å². The molecule has 0 bridgehead atoms. The Hall–Kier alpha value is -0.810. The lowest BCUT2D eigenvalue weighted by Crippen LogP contribution is -2.51. The fourth-order valence-electron chi connectivity index (χ4n) is 3.51. The van der Waals surface area contributed by atoms with Crippen LogP contribution in [0, 0.1) is 5.41 Å². The van der Waals surface area contributed by atoms with Gasteiger partial charge < -0.3 is 10.2 Å². The first kappa shape index (κ1) is 17.0. The quantitative estimate of drug-likeness (QED) is 0.905. The maximum absolute atomic E-state index is 12.6. The average Bonchev–Trinajstić information content (AvgIpc) is 2.92. The third kappa shape index (κ3) is 4.18. The zero-order chi connectivity index (χ0) is 16.4. The first-order chi connectivity index (χ1) is 11.0. The molecule has 0 aliphatic carbocycles. The van der Waals surface area contributed by atoms with E-state index in [2.05, 4.69) is 17.1 Å². The average molecular weight is 356 g/mol. The Morgan fingerprint density at radius 3 is 2.39 bits per heavy atom. The number of amides is 1. The predicted octanol–water partition coefficient (Wildman–Crippen LogP) is 2.75. The summed E-state index contributed by atoms with van der Waals surface area (Å²) in [7, 11) is 0. The Kier molecular flexibility index (Phi) is 5.16. The first-order valence-corrected chi connectivity index (χ1v) is 8.89. The number of halogens is 2. The van der Waals surface area contributed by atoms with Gasteiger partial charge in [0.25, 0.3) is 5.91 Å². The zero-order valence-corrected chi connectivity index (χ0v) is 15.0. The fraction of sp³-hybridized carbons (Fsp3) is 0.588. The van der Waals surface area contributed by atoms with Crippen molar-refractivity contribution >= 4 is 29.1 Å². The molecule has 0 saturated carbocycles. The molecule has 1 atom stereocenters. The number of hydrogen-bond acceptors (Lipinski definition) is 3. The Balaban J connectivity index is 1.57. The second kappa shape index (κ2) is 6.98. The van der Waals surface area contributed by atoms with E-state index < -0.39 is 0 Å². The second-order valence-electron chi connectivity index (χ2n) is 6.96. The molecule has 6 heteroatoms. The van der Waals surface area contributed by atoms with Gasteiger partial charge in [-0.25, -0.2) is 0 Å². The van der Waals surface area contributed by atoms with Gasteiger partial charge in [0.05, 0.1) is 0 Å². The second-order valence-corrected chi connectivity index (χ2v) is 7.84. The molecule has 1 aromatic carbocycles. The highest BCUT2D eigenvalue weighted by atomic mass is 35.5. The van der Waals surface area contributed by atoms with Crippen LogP contribution in [-0.2, 0) is 0 Å².